The second kappa shape index (κ2) is 13.6. The van der Waals surface area contributed by atoms with E-state index < -0.39 is 10.0 Å². The van der Waals surface area contributed by atoms with Gasteiger partial charge in [0.15, 0.2) is 0 Å². The van der Waals surface area contributed by atoms with Crippen molar-refractivity contribution in [3.8, 4) is 11.2 Å². The zero-order valence-corrected chi connectivity index (χ0v) is 18.0. The Morgan fingerprint density at radius 2 is 1.44 bits per heavy atom. The van der Waals surface area contributed by atoms with Crippen molar-refractivity contribution in [2.75, 3.05) is 36.9 Å². The lowest BCUT2D eigenvalue weighted by Crippen LogP contribution is -1.89. The van der Waals surface area contributed by atoms with Gasteiger partial charge in [0.1, 0.15) is 0 Å². The minimum absolute atomic E-state index is 0.334. The molecule has 0 unspecified atom stereocenters. The molecule has 0 aromatic heterocycles. The first kappa shape index (κ1) is 22.5. The van der Waals surface area contributed by atoms with E-state index in [-0.39, 0.29) is 0 Å². The lowest BCUT2D eigenvalue weighted by molar-refractivity contribution is 0.296. The van der Waals surface area contributed by atoms with Crippen LogP contribution in [0.25, 0.3) is 0 Å². The van der Waals surface area contributed by atoms with Crippen molar-refractivity contribution in [2.24, 2.45) is 0 Å². The fourth-order valence-corrected chi connectivity index (χ4v) is 3.85. The fourth-order valence-electron chi connectivity index (χ4n) is 2.48. The molecule has 0 aliphatic carbocycles. The van der Waals surface area contributed by atoms with Gasteiger partial charge < -0.3 is 5.11 Å². The van der Waals surface area contributed by atoms with Gasteiger partial charge in [-0.1, -0.05) is 43.7 Å². The van der Waals surface area contributed by atoms with Gasteiger partial charge in [-0.2, -0.15) is 21.8 Å². The van der Waals surface area contributed by atoms with Crippen LogP contribution in [0.5, 0.6) is 0 Å². The Balaban J connectivity index is 2.06. The molecular formula is C22H36OS2. The predicted octanol–water partition coefficient (Wildman–Crippen LogP) is 5.69. The van der Waals surface area contributed by atoms with E-state index in [4.69, 9.17) is 5.11 Å². The van der Waals surface area contributed by atoms with E-state index in [0.717, 1.165) is 17.7 Å². The third-order valence-electron chi connectivity index (χ3n) is 3.91. The summed E-state index contributed by atoms with van der Waals surface area (Å²) in [4.78, 5) is 0. The smallest absolute Gasteiger partial charge is 0.0438 e. The molecule has 0 aliphatic rings. The Bertz CT molecular complexity index is 506. The molecule has 0 saturated heterocycles. The third-order valence-corrected chi connectivity index (χ3v) is 5.78. The summed E-state index contributed by atoms with van der Waals surface area (Å²) in [6.07, 6.45) is 16.9. The van der Waals surface area contributed by atoms with Gasteiger partial charge in [0.05, 0.1) is 0 Å². The molecule has 1 rings (SSSR count). The number of hydrogen-bond acceptors (Lipinski definition) is 2. The van der Waals surface area contributed by atoms with Gasteiger partial charge in [0.2, 0.25) is 0 Å². The first-order valence-corrected chi connectivity index (χ1v) is 13.5. The van der Waals surface area contributed by atoms with Crippen LogP contribution in [0.15, 0.2) is 24.3 Å². The molecule has 0 bridgehead atoms. The number of aryl methyl sites for hydroxylation is 1. The predicted molar refractivity (Wildman–Crippen MR) is 119 cm³/mol. The Morgan fingerprint density at radius 1 is 0.840 bits per heavy atom. The van der Waals surface area contributed by atoms with E-state index in [2.05, 4.69) is 54.2 Å². The van der Waals surface area contributed by atoms with E-state index in [9.17, 15) is 0 Å². The van der Waals surface area contributed by atoms with Crippen LogP contribution < -0.4 is 0 Å². The lowest BCUT2D eigenvalue weighted by Gasteiger charge is -2.14. The van der Waals surface area contributed by atoms with Crippen molar-refractivity contribution in [1.82, 2.24) is 0 Å². The van der Waals surface area contributed by atoms with Crippen LogP contribution in [-0.2, 0) is 6.42 Å². The van der Waals surface area contributed by atoms with E-state index in [0.29, 0.717) is 6.61 Å². The monoisotopic (exact) mass is 380 g/mol. The number of rotatable bonds is 12. The topological polar surface area (TPSA) is 20.2 Å². The van der Waals surface area contributed by atoms with Crippen LogP contribution in [0.2, 0.25) is 0 Å². The molecular weight excluding hydrogens is 344 g/mol. The quantitative estimate of drug-likeness (QED) is 0.371. The molecule has 0 aliphatic heterocycles. The summed E-state index contributed by atoms with van der Waals surface area (Å²) >= 11 is 1.98. The maximum absolute atomic E-state index is 8.72. The first-order chi connectivity index (χ1) is 12.0. The highest BCUT2D eigenvalue weighted by Crippen LogP contribution is 2.32. The van der Waals surface area contributed by atoms with Crippen LogP contribution in [0.3, 0.4) is 0 Å². The summed E-state index contributed by atoms with van der Waals surface area (Å²) < 4.78 is 0. The van der Waals surface area contributed by atoms with Gasteiger partial charge in [0, 0.05) is 12.2 Å². The number of hydrogen-bond donors (Lipinski definition) is 1. The molecule has 0 saturated carbocycles. The number of aliphatic hydroxyl groups is 1. The largest absolute Gasteiger partial charge is 0.396 e. The summed E-state index contributed by atoms with van der Waals surface area (Å²) in [7, 11) is -0.738. The average molecular weight is 381 g/mol. The molecule has 142 valence electrons. The molecule has 25 heavy (non-hydrogen) atoms. The van der Waals surface area contributed by atoms with E-state index in [1.807, 2.05) is 11.8 Å². The summed E-state index contributed by atoms with van der Waals surface area (Å²) in [5.74, 6) is 5.66. The molecule has 0 spiro atoms. The maximum Gasteiger partial charge on any atom is 0.0438 e. The molecule has 1 nitrogen and oxygen atoms in total. The number of benzene rings is 1. The molecule has 3 heteroatoms. The van der Waals surface area contributed by atoms with E-state index in [1.165, 1.54) is 56.3 Å². The second-order valence-electron chi connectivity index (χ2n) is 7.32. The third kappa shape index (κ3) is 13.3. The Labute approximate surface area is 161 Å². The zero-order chi connectivity index (χ0) is 18.4. The Morgan fingerprint density at radius 3 is 2.08 bits per heavy atom. The highest BCUT2D eigenvalue weighted by molar-refractivity contribution is 8.35. The average Bonchev–Trinajstić information content (AvgIpc) is 2.58. The van der Waals surface area contributed by atoms with Crippen molar-refractivity contribution < 1.29 is 5.11 Å². The summed E-state index contributed by atoms with van der Waals surface area (Å²) in [5, 5.41) is 12.1. The van der Waals surface area contributed by atoms with Crippen molar-refractivity contribution in [2.45, 2.75) is 51.4 Å². The molecule has 0 radical (unpaired) electrons. The molecule has 0 heterocycles. The van der Waals surface area contributed by atoms with E-state index >= 15 is 0 Å². The van der Waals surface area contributed by atoms with Crippen LogP contribution in [0.1, 0.15) is 56.1 Å². The van der Waals surface area contributed by atoms with Gasteiger partial charge >= 0.3 is 0 Å². The van der Waals surface area contributed by atoms with Crippen LogP contribution in [0, 0.1) is 11.2 Å². The SMILES string of the molecule is CS(C)(C)C#Cc1ccc(CCCCCCCCSCCCO)cc1. The van der Waals surface area contributed by atoms with Crippen molar-refractivity contribution >= 4 is 21.8 Å². The Kier molecular flexibility index (Phi) is 12.2. The highest BCUT2D eigenvalue weighted by atomic mass is 32.3. The molecule has 1 aromatic carbocycles. The van der Waals surface area contributed by atoms with Crippen LogP contribution in [-0.4, -0.2) is 42.0 Å². The summed E-state index contributed by atoms with van der Waals surface area (Å²) in [6.45, 7) is 0.334. The molecule has 1 N–H and O–H groups in total. The molecule has 0 amide bonds. The minimum atomic E-state index is -0.738. The molecule has 1 aromatic rings. The van der Waals surface area contributed by atoms with Gasteiger partial charge in [-0.3, -0.25) is 0 Å². The number of unbranched alkanes of at least 4 members (excludes halogenated alkanes) is 5. The van der Waals surface area contributed by atoms with Gasteiger partial charge in [-0.25, -0.2) is 0 Å². The molecule has 0 fully saturated rings. The van der Waals surface area contributed by atoms with Gasteiger partial charge in [-0.05, 0) is 78.9 Å². The summed E-state index contributed by atoms with van der Waals surface area (Å²) in [6, 6.07) is 8.82. The van der Waals surface area contributed by atoms with Gasteiger partial charge in [0.25, 0.3) is 0 Å². The fraction of sp³-hybridized carbons (Fsp3) is 0.636. The summed E-state index contributed by atoms with van der Waals surface area (Å²) in [5.41, 5.74) is 2.58. The zero-order valence-electron chi connectivity index (χ0n) is 16.4. The highest BCUT2D eigenvalue weighted by Gasteiger charge is 1.98. The maximum atomic E-state index is 8.72. The van der Waals surface area contributed by atoms with Crippen molar-refractivity contribution in [1.29, 1.82) is 0 Å². The van der Waals surface area contributed by atoms with Crippen molar-refractivity contribution in [3.63, 3.8) is 0 Å². The lowest BCUT2D eigenvalue weighted by atomic mass is 10.0. The minimum Gasteiger partial charge on any atom is -0.396 e. The van der Waals surface area contributed by atoms with Crippen LogP contribution >= 0.6 is 21.8 Å². The second-order valence-corrected chi connectivity index (χ2v) is 12.4. The number of thioether (sulfide) groups is 1. The standard InChI is InChI=1S/C22H36OS2/c1-25(2,3)20-16-22-14-12-21(13-15-22)11-8-6-4-5-7-9-18-24-19-10-17-23/h12-15,23H,4-11,17-19H2,1-3H3. The van der Waals surface area contributed by atoms with E-state index in [1.54, 1.807) is 0 Å². The van der Waals surface area contributed by atoms with Crippen molar-refractivity contribution in [3.05, 3.63) is 35.4 Å². The number of aliphatic hydroxyl groups excluding tert-OH is 1. The molecule has 0 atom stereocenters. The normalized spacial score (nSPS) is 11.8. The first-order valence-electron chi connectivity index (χ1n) is 9.50. The van der Waals surface area contributed by atoms with Crippen LogP contribution in [0.4, 0.5) is 0 Å². The Hall–Kier alpha value is -0.560. The van der Waals surface area contributed by atoms with Gasteiger partial charge in [-0.15, -0.1) is 0 Å².